The molecule has 0 saturated carbocycles. The Kier molecular flexibility index (Phi) is 3.67. The second-order valence-corrected chi connectivity index (χ2v) is 3.97. The molecule has 0 saturated heterocycles. The third kappa shape index (κ3) is 2.71. The zero-order valence-electron chi connectivity index (χ0n) is 10.00. The topological polar surface area (TPSA) is 59.7 Å². The number of carboxylic acids is 1. The fourth-order valence-corrected chi connectivity index (χ4v) is 1.65. The number of carboxylic acid groups (broad SMARTS) is 1. The quantitative estimate of drug-likeness (QED) is 0.880. The van der Waals surface area contributed by atoms with Gasteiger partial charge in [0.15, 0.2) is 0 Å². The molecule has 2 aromatic rings. The first-order valence-electron chi connectivity index (χ1n) is 5.65. The lowest BCUT2D eigenvalue weighted by atomic mass is 10.0. The number of aliphatic carboxylic acids is 1. The summed E-state index contributed by atoms with van der Waals surface area (Å²) in [7, 11) is 0. The van der Waals surface area contributed by atoms with Gasteiger partial charge >= 0.3 is 5.97 Å². The van der Waals surface area contributed by atoms with Crippen LogP contribution in [0.1, 0.15) is 24.2 Å². The molecule has 0 aliphatic rings. The molecule has 4 heteroatoms. The highest BCUT2D eigenvalue weighted by atomic mass is 16.5. The molecule has 1 N–H and O–H groups in total. The van der Waals surface area contributed by atoms with Crippen LogP contribution in [-0.2, 0) is 11.4 Å². The predicted molar refractivity (Wildman–Crippen MR) is 65.5 cm³/mol. The van der Waals surface area contributed by atoms with Gasteiger partial charge in [0.2, 0.25) is 0 Å². The number of ether oxygens (including phenoxy) is 1. The Morgan fingerprint density at radius 3 is 2.78 bits per heavy atom. The molecule has 0 amide bonds. The van der Waals surface area contributed by atoms with Crippen LogP contribution >= 0.6 is 0 Å². The summed E-state index contributed by atoms with van der Waals surface area (Å²) in [5, 5.41) is 9.04. The molecule has 94 valence electrons. The normalized spacial score (nSPS) is 12.1. The first-order chi connectivity index (χ1) is 8.68. The van der Waals surface area contributed by atoms with Crippen LogP contribution in [0.3, 0.4) is 0 Å². The molecule has 18 heavy (non-hydrogen) atoms. The maximum atomic E-state index is 11.0. The Morgan fingerprint density at radius 1 is 1.33 bits per heavy atom. The Morgan fingerprint density at radius 2 is 2.11 bits per heavy atom. The van der Waals surface area contributed by atoms with E-state index in [1.54, 1.807) is 37.5 Å². The molecule has 2 rings (SSSR count). The van der Waals surface area contributed by atoms with Crippen molar-refractivity contribution in [1.82, 2.24) is 0 Å². The number of hydrogen-bond acceptors (Lipinski definition) is 3. The summed E-state index contributed by atoms with van der Waals surface area (Å²) < 4.78 is 10.8. The highest BCUT2D eigenvalue weighted by Crippen LogP contribution is 2.27. The van der Waals surface area contributed by atoms with Crippen molar-refractivity contribution in [3.63, 3.8) is 0 Å². The second-order valence-electron chi connectivity index (χ2n) is 3.97. The van der Waals surface area contributed by atoms with Crippen molar-refractivity contribution in [3.05, 3.63) is 54.0 Å². The van der Waals surface area contributed by atoms with E-state index in [-0.39, 0.29) is 6.61 Å². The third-order valence-electron chi connectivity index (χ3n) is 2.71. The lowest BCUT2D eigenvalue weighted by Crippen LogP contribution is -2.09. The van der Waals surface area contributed by atoms with Gasteiger partial charge < -0.3 is 14.3 Å². The summed E-state index contributed by atoms with van der Waals surface area (Å²) in [4.78, 5) is 11.0. The second kappa shape index (κ2) is 5.40. The molecule has 1 unspecified atom stereocenters. The maximum Gasteiger partial charge on any atom is 0.310 e. The maximum absolute atomic E-state index is 11.0. The summed E-state index contributed by atoms with van der Waals surface area (Å²) in [5.41, 5.74) is 0.663. The van der Waals surface area contributed by atoms with Crippen LogP contribution in [0.2, 0.25) is 0 Å². The average Bonchev–Trinajstić information content (AvgIpc) is 2.89. The zero-order chi connectivity index (χ0) is 13.0. The van der Waals surface area contributed by atoms with E-state index in [0.29, 0.717) is 17.1 Å². The summed E-state index contributed by atoms with van der Waals surface area (Å²) in [6, 6.07) is 10.7. The van der Waals surface area contributed by atoms with Gasteiger partial charge in [-0.05, 0) is 25.1 Å². The number of benzene rings is 1. The number of rotatable bonds is 5. The fraction of sp³-hybridized carbons (Fsp3) is 0.214. The molecule has 0 aliphatic heterocycles. The van der Waals surface area contributed by atoms with E-state index in [1.165, 1.54) is 0 Å². The highest BCUT2D eigenvalue weighted by molar-refractivity contribution is 5.76. The molecule has 1 heterocycles. The molecular weight excluding hydrogens is 232 g/mol. The van der Waals surface area contributed by atoms with E-state index in [1.807, 2.05) is 12.1 Å². The van der Waals surface area contributed by atoms with Crippen molar-refractivity contribution in [2.45, 2.75) is 19.4 Å². The monoisotopic (exact) mass is 246 g/mol. The molecule has 1 aromatic carbocycles. The average molecular weight is 246 g/mol. The minimum Gasteiger partial charge on any atom is -0.485 e. The molecule has 4 nitrogen and oxygen atoms in total. The van der Waals surface area contributed by atoms with Crippen LogP contribution in [0.4, 0.5) is 0 Å². The third-order valence-corrected chi connectivity index (χ3v) is 2.71. The minimum atomic E-state index is -0.871. The lowest BCUT2D eigenvalue weighted by Gasteiger charge is -2.13. The van der Waals surface area contributed by atoms with Crippen molar-refractivity contribution in [1.29, 1.82) is 0 Å². The van der Waals surface area contributed by atoms with E-state index in [0.717, 1.165) is 0 Å². The van der Waals surface area contributed by atoms with E-state index in [2.05, 4.69) is 0 Å². The van der Waals surface area contributed by atoms with Gasteiger partial charge in [-0.1, -0.05) is 18.2 Å². The van der Waals surface area contributed by atoms with E-state index in [9.17, 15) is 4.79 Å². The standard InChI is InChI=1S/C14H14O4/c1-10(14(15)16)12-6-2-3-7-13(12)18-9-11-5-4-8-17-11/h2-8,10H,9H2,1H3,(H,15,16). The van der Waals surface area contributed by atoms with Crippen molar-refractivity contribution in [2.24, 2.45) is 0 Å². The first-order valence-corrected chi connectivity index (χ1v) is 5.65. The molecule has 0 aliphatic carbocycles. The van der Waals surface area contributed by atoms with Gasteiger partial charge in [-0.25, -0.2) is 0 Å². The SMILES string of the molecule is CC(C(=O)O)c1ccccc1OCc1ccco1. The van der Waals surface area contributed by atoms with Crippen molar-refractivity contribution in [3.8, 4) is 5.75 Å². The summed E-state index contributed by atoms with van der Waals surface area (Å²) >= 11 is 0. The predicted octanol–water partition coefficient (Wildman–Crippen LogP) is 3.05. The van der Waals surface area contributed by atoms with Gasteiger partial charge in [-0.2, -0.15) is 0 Å². The first kappa shape index (κ1) is 12.2. The molecule has 0 spiro atoms. The number of carbonyl (C=O) groups is 1. The fourth-order valence-electron chi connectivity index (χ4n) is 1.65. The van der Waals surface area contributed by atoms with Crippen molar-refractivity contribution < 1.29 is 19.1 Å². The van der Waals surface area contributed by atoms with Crippen LogP contribution in [0.5, 0.6) is 5.75 Å². The lowest BCUT2D eigenvalue weighted by molar-refractivity contribution is -0.138. The minimum absolute atomic E-state index is 0.288. The van der Waals surface area contributed by atoms with Gasteiger partial charge in [-0.3, -0.25) is 4.79 Å². The Hall–Kier alpha value is -2.23. The Balaban J connectivity index is 2.14. The number of para-hydroxylation sites is 1. The van der Waals surface area contributed by atoms with E-state index < -0.39 is 11.9 Å². The summed E-state index contributed by atoms with van der Waals surface area (Å²) in [6.07, 6.45) is 1.57. The summed E-state index contributed by atoms with van der Waals surface area (Å²) in [6.45, 7) is 1.92. The number of hydrogen-bond donors (Lipinski definition) is 1. The summed E-state index contributed by atoms with van der Waals surface area (Å²) in [5.74, 6) is -0.196. The largest absolute Gasteiger partial charge is 0.485 e. The van der Waals surface area contributed by atoms with Gasteiger partial charge in [0.25, 0.3) is 0 Å². The Labute approximate surface area is 105 Å². The molecule has 0 fully saturated rings. The molecule has 1 atom stereocenters. The van der Waals surface area contributed by atoms with Crippen molar-refractivity contribution in [2.75, 3.05) is 0 Å². The van der Waals surface area contributed by atoms with Crippen LogP contribution in [0, 0.1) is 0 Å². The van der Waals surface area contributed by atoms with Crippen molar-refractivity contribution >= 4 is 5.97 Å². The molecule has 0 bridgehead atoms. The van der Waals surface area contributed by atoms with E-state index in [4.69, 9.17) is 14.3 Å². The molecule has 1 aromatic heterocycles. The highest BCUT2D eigenvalue weighted by Gasteiger charge is 2.17. The number of furan rings is 1. The van der Waals surface area contributed by atoms with Crippen LogP contribution in [0.15, 0.2) is 47.1 Å². The van der Waals surface area contributed by atoms with Crippen LogP contribution in [-0.4, -0.2) is 11.1 Å². The zero-order valence-corrected chi connectivity index (χ0v) is 10.00. The van der Waals surface area contributed by atoms with Gasteiger partial charge in [0, 0.05) is 5.56 Å². The van der Waals surface area contributed by atoms with Gasteiger partial charge in [0.1, 0.15) is 18.1 Å². The molecular formula is C14H14O4. The van der Waals surface area contributed by atoms with Crippen LogP contribution in [0.25, 0.3) is 0 Å². The smallest absolute Gasteiger partial charge is 0.310 e. The van der Waals surface area contributed by atoms with E-state index >= 15 is 0 Å². The van der Waals surface area contributed by atoms with Gasteiger partial charge in [0.05, 0.1) is 12.2 Å². The van der Waals surface area contributed by atoms with Crippen LogP contribution < -0.4 is 4.74 Å². The molecule has 0 radical (unpaired) electrons. The van der Waals surface area contributed by atoms with Gasteiger partial charge in [-0.15, -0.1) is 0 Å². The Bertz CT molecular complexity index is 516.